The lowest BCUT2D eigenvalue weighted by molar-refractivity contribution is 0.412. The minimum absolute atomic E-state index is 0.0214. The number of hydrogen-bond donors (Lipinski definition) is 4. The van der Waals surface area contributed by atoms with Crippen LogP contribution in [0.1, 0.15) is 0 Å². The fourth-order valence-electron chi connectivity index (χ4n) is 2.69. The molecule has 0 amide bonds. The van der Waals surface area contributed by atoms with E-state index in [0.29, 0.717) is 0 Å². The Morgan fingerprint density at radius 2 is 1.63 bits per heavy atom. The molecule has 3 rings (SSSR count). The van der Waals surface area contributed by atoms with E-state index in [1.165, 1.54) is 31.4 Å². The van der Waals surface area contributed by atoms with Crippen molar-refractivity contribution < 1.29 is 35.8 Å². The molecule has 30 heavy (non-hydrogen) atoms. The fourth-order valence-corrected chi connectivity index (χ4v) is 3.86. The van der Waals surface area contributed by atoms with Crippen LogP contribution in [0, 0.1) is 0 Å². The Morgan fingerprint density at radius 1 is 0.933 bits per heavy atom. The van der Waals surface area contributed by atoms with Gasteiger partial charge in [0.1, 0.15) is 27.8 Å². The van der Waals surface area contributed by atoms with Gasteiger partial charge in [-0.25, -0.2) is 0 Å². The number of ether oxygens (including phenoxy) is 1. The third kappa shape index (κ3) is 4.18. The molecule has 0 atom stereocenters. The van der Waals surface area contributed by atoms with Crippen molar-refractivity contribution in [1.82, 2.24) is 0 Å². The van der Waals surface area contributed by atoms with Crippen LogP contribution in [0.4, 0.5) is 17.1 Å². The summed E-state index contributed by atoms with van der Waals surface area (Å²) in [6.45, 7) is 0. The normalized spacial score (nSPS) is 12.5. The zero-order chi connectivity index (χ0) is 22.3. The molecule has 0 fully saturated rings. The second-order valence-electron chi connectivity index (χ2n) is 6.03. The molecule has 11 nitrogen and oxygen atoms in total. The maximum Gasteiger partial charge on any atom is 0.296 e. The van der Waals surface area contributed by atoms with Crippen molar-refractivity contribution in [3.05, 3.63) is 42.5 Å². The van der Waals surface area contributed by atoms with Gasteiger partial charge >= 0.3 is 0 Å². The van der Waals surface area contributed by atoms with E-state index in [1.807, 2.05) is 0 Å². The summed E-state index contributed by atoms with van der Waals surface area (Å²) in [5.74, 6) is -0.396. The van der Waals surface area contributed by atoms with Crippen molar-refractivity contribution in [3.8, 4) is 11.5 Å². The van der Waals surface area contributed by atoms with Gasteiger partial charge in [-0.05, 0) is 29.7 Å². The lowest BCUT2D eigenvalue weighted by Gasteiger charge is -2.09. The molecule has 0 heterocycles. The van der Waals surface area contributed by atoms with Crippen molar-refractivity contribution >= 4 is 48.1 Å². The summed E-state index contributed by atoms with van der Waals surface area (Å²) in [4.78, 5) is -1.11. The van der Waals surface area contributed by atoms with E-state index >= 15 is 0 Å². The SMILES string of the molecule is COc1ccc(N=Nc2c(N)ccc3cc(S(=O)(=O)O)cc(O)c23)c(S(=O)(=O)O)c1. The first kappa shape index (κ1) is 21.4. The lowest BCUT2D eigenvalue weighted by atomic mass is 10.1. The Hall–Kier alpha value is -3.26. The Labute approximate surface area is 170 Å². The number of benzene rings is 3. The maximum absolute atomic E-state index is 11.7. The molecule has 0 aliphatic rings. The molecule has 0 aliphatic carbocycles. The minimum Gasteiger partial charge on any atom is -0.507 e. The van der Waals surface area contributed by atoms with Gasteiger partial charge < -0.3 is 15.6 Å². The van der Waals surface area contributed by atoms with E-state index in [4.69, 9.17) is 10.5 Å². The first-order valence-electron chi connectivity index (χ1n) is 8.02. The molecular formula is C17H15N3O8S2. The highest BCUT2D eigenvalue weighted by Gasteiger charge is 2.19. The molecule has 3 aromatic rings. The molecule has 3 aromatic carbocycles. The van der Waals surface area contributed by atoms with Gasteiger partial charge in [0.15, 0.2) is 0 Å². The molecule has 0 bridgehead atoms. The molecule has 0 radical (unpaired) electrons. The zero-order valence-electron chi connectivity index (χ0n) is 15.2. The van der Waals surface area contributed by atoms with Crippen molar-refractivity contribution in [2.45, 2.75) is 9.79 Å². The number of nitrogens with two attached hydrogens (primary N) is 1. The summed E-state index contributed by atoms with van der Waals surface area (Å²) in [7, 11) is -7.93. The second kappa shape index (κ2) is 7.53. The van der Waals surface area contributed by atoms with E-state index in [0.717, 1.165) is 18.2 Å². The lowest BCUT2D eigenvalue weighted by Crippen LogP contribution is -1.99. The van der Waals surface area contributed by atoms with E-state index < -0.39 is 35.8 Å². The number of nitrogens with zero attached hydrogens (tertiary/aromatic N) is 2. The van der Waals surface area contributed by atoms with Crippen LogP contribution in [0.15, 0.2) is 62.5 Å². The fraction of sp³-hybridized carbons (Fsp3) is 0.0588. The first-order valence-corrected chi connectivity index (χ1v) is 10.9. The van der Waals surface area contributed by atoms with Crippen LogP contribution in [0.2, 0.25) is 0 Å². The molecule has 0 aliphatic heterocycles. The maximum atomic E-state index is 11.7. The Morgan fingerprint density at radius 3 is 2.23 bits per heavy atom. The average molecular weight is 453 g/mol. The summed E-state index contributed by atoms with van der Waals surface area (Å²) in [6.07, 6.45) is 0. The number of hydrogen-bond acceptors (Lipinski definition) is 9. The standard InChI is InChI=1S/C17H15N3O8S2/c1-28-10-3-5-13(15(7-10)30(25,26)27)19-20-17-12(18)4-2-9-6-11(29(22,23)24)8-14(21)16(9)17/h2-8,21H,18H2,1H3,(H,22,23,24)(H,25,26,27). The van der Waals surface area contributed by atoms with Crippen molar-refractivity contribution in [2.24, 2.45) is 10.2 Å². The molecule has 0 saturated carbocycles. The van der Waals surface area contributed by atoms with Crippen LogP contribution >= 0.6 is 0 Å². The highest BCUT2D eigenvalue weighted by molar-refractivity contribution is 7.86. The summed E-state index contributed by atoms with van der Waals surface area (Å²) in [5, 5.41) is 18.2. The smallest absolute Gasteiger partial charge is 0.296 e. The number of methoxy groups -OCH3 is 1. The van der Waals surface area contributed by atoms with Crippen LogP contribution < -0.4 is 10.5 Å². The number of phenolic OH excluding ortho intramolecular Hbond substituents is 1. The third-order valence-electron chi connectivity index (χ3n) is 4.07. The van der Waals surface area contributed by atoms with Crippen molar-refractivity contribution in [3.63, 3.8) is 0 Å². The number of phenols is 1. The van der Waals surface area contributed by atoms with Crippen molar-refractivity contribution in [2.75, 3.05) is 12.8 Å². The van der Waals surface area contributed by atoms with Crippen molar-refractivity contribution in [1.29, 1.82) is 0 Å². The van der Waals surface area contributed by atoms with Gasteiger partial charge in [0.25, 0.3) is 20.2 Å². The number of anilines is 1. The summed E-state index contributed by atoms with van der Waals surface area (Å²) >= 11 is 0. The van der Waals surface area contributed by atoms with Crippen LogP contribution in [0.25, 0.3) is 10.8 Å². The predicted octanol–water partition coefficient (Wildman–Crippen LogP) is 3.05. The summed E-state index contributed by atoms with van der Waals surface area (Å²) < 4.78 is 69.6. The molecular weight excluding hydrogens is 438 g/mol. The van der Waals surface area contributed by atoms with E-state index in [2.05, 4.69) is 10.2 Å². The number of rotatable bonds is 5. The van der Waals surface area contributed by atoms with Crippen LogP contribution in [0.3, 0.4) is 0 Å². The number of aromatic hydroxyl groups is 1. The zero-order valence-corrected chi connectivity index (χ0v) is 16.8. The van der Waals surface area contributed by atoms with Crippen LogP contribution in [0.5, 0.6) is 11.5 Å². The summed E-state index contributed by atoms with van der Waals surface area (Å²) in [5.41, 5.74) is 5.63. The van der Waals surface area contributed by atoms with Gasteiger partial charge in [-0.15, -0.1) is 10.2 Å². The van der Waals surface area contributed by atoms with Gasteiger partial charge in [-0.1, -0.05) is 6.07 Å². The molecule has 0 spiro atoms. The second-order valence-corrected chi connectivity index (χ2v) is 8.84. The highest BCUT2D eigenvalue weighted by atomic mass is 32.2. The van der Waals surface area contributed by atoms with Crippen LogP contribution in [-0.2, 0) is 20.2 Å². The molecule has 13 heteroatoms. The number of azo groups is 1. The molecule has 0 aromatic heterocycles. The van der Waals surface area contributed by atoms with Gasteiger partial charge in [-0.2, -0.15) is 16.8 Å². The topological polar surface area (TPSA) is 189 Å². The van der Waals surface area contributed by atoms with E-state index in [-0.39, 0.29) is 33.6 Å². The van der Waals surface area contributed by atoms with Gasteiger partial charge in [0.05, 0.1) is 23.1 Å². The minimum atomic E-state index is -4.66. The predicted molar refractivity (Wildman–Crippen MR) is 107 cm³/mol. The molecule has 0 saturated heterocycles. The summed E-state index contributed by atoms with van der Waals surface area (Å²) in [6, 6.07) is 8.35. The van der Waals surface area contributed by atoms with Gasteiger partial charge in [0, 0.05) is 12.1 Å². The quantitative estimate of drug-likeness (QED) is 0.255. The van der Waals surface area contributed by atoms with Gasteiger partial charge in [-0.3, -0.25) is 9.11 Å². The Bertz CT molecular complexity index is 1400. The Kier molecular flexibility index (Phi) is 5.38. The average Bonchev–Trinajstić information content (AvgIpc) is 2.65. The molecule has 5 N–H and O–H groups in total. The largest absolute Gasteiger partial charge is 0.507 e. The molecule has 158 valence electrons. The first-order chi connectivity index (χ1) is 13.9. The monoisotopic (exact) mass is 453 g/mol. The van der Waals surface area contributed by atoms with Gasteiger partial charge in [0.2, 0.25) is 0 Å². The van der Waals surface area contributed by atoms with E-state index in [1.54, 1.807) is 0 Å². The highest BCUT2D eigenvalue weighted by Crippen LogP contribution is 2.41. The number of fused-ring (bicyclic) bond motifs is 1. The Balaban J connectivity index is 2.22. The van der Waals surface area contributed by atoms with Crippen LogP contribution in [-0.4, -0.2) is 38.2 Å². The molecule has 0 unspecified atom stereocenters. The van der Waals surface area contributed by atoms with E-state index in [9.17, 15) is 31.0 Å². The third-order valence-corrected chi connectivity index (χ3v) is 5.79. The number of nitrogen functional groups attached to an aromatic ring is 1.